The maximum atomic E-state index is 13.9. The minimum atomic E-state index is -0.842. The van der Waals surface area contributed by atoms with Crippen molar-refractivity contribution in [3.63, 3.8) is 0 Å². The van der Waals surface area contributed by atoms with Crippen molar-refractivity contribution in [3.8, 4) is 5.75 Å². The smallest absolute Gasteiger partial charge is 0.344 e. The molecule has 3 aliphatic rings. The molecule has 4 amide bonds. The van der Waals surface area contributed by atoms with Crippen molar-refractivity contribution in [2.45, 2.75) is 50.6 Å². The topological polar surface area (TPSA) is 94.2 Å². The number of piperazine rings is 1. The average molecular weight is 462 g/mol. The van der Waals surface area contributed by atoms with Crippen molar-refractivity contribution in [3.05, 3.63) is 29.6 Å². The van der Waals surface area contributed by atoms with Gasteiger partial charge >= 0.3 is 6.03 Å². The number of urea groups is 1. The molecule has 4 rings (SSSR count). The van der Waals surface area contributed by atoms with Crippen LogP contribution < -0.4 is 15.5 Å². The summed E-state index contributed by atoms with van der Waals surface area (Å²) in [5, 5.41) is 3.65. The number of carbonyl (C=O) groups is 3. The minimum absolute atomic E-state index is 0.202. The van der Waals surface area contributed by atoms with Gasteiger partial charge in [-0.25, -0.2) is 9.18 Å². The quantitative estimate of drug-likeness (QED) is 0.600. The lowest BCUT2D eigenvalue weighted by molar-refractivity contribution is -0.140. The van der Waals surface area contributed by atoms with E-state index in [9.17, 15) is 18.8 Å². The number of carbonyl (C=O) groups excluding carboxylic acids is 3. The molecule has 0 aromatic heterocycles. The van der Waals surface area contributed by atoms with Gasteiger partial charge in [0.2, 0.25) is 5.91 Å². The second-order valence-electron chi connectivity index (χ2n) is 9.09. The lowest BCUT2D eigenvalue weighted by Crippen LogP contribution is -2.51. The molecule has 0 atom stereocenters. The predicted octanol–water partition coefficient (Wildman–Crippen LogP) is 1.63. The van der Waals surface area contributed by atoms with Gasteiger partial charge in [0.15, 0.2) is 11.6 Å². The molecule has 1 aromatic rings. The number of halogens is 1. The summed E-state index contributed by atoms with van der Waals surface area (Å²) < 4.78 is 18.9. The normalized spacial score (nSPS) is 21.3. The van der Waals surface area contributed by atoms with E-state index in [1.54, 1.807) is 6.07 Å². The number of methoxy groups -OCH3 is 1. The maximum Gasteiger partial charge on any atom is 0.344 e. The second-order valence-corrected chi connectivity index (χ2v) is 9.09. The highest BCUT2D eigenvalue weighted by Crippen LogP contribution is 2.33. The molecule has 0 radical (unpaired) electrons. The van der Waals surface area contributed by atoms with Crippen LogP contribution in [-0.4, -0.2) is 78.0 Å². The summed E-state index contributed by atoms with van der Waals surface area (Å²) in [5.41, 5.74) is 2.55. The largest absolute Gasteiger partial charge is 0.494 e. The maximum absolute atomic E-state index is 13.9. The van der Waals surface area contributed by atoms with Crippen LogP contribution in [0, 0.1) is 5.82 Å². The van der Waals surface area contributed by atoms with Gasteiger partial charge in [0.05, 0.1) is 7.11 Å². The number of hydrazine groups is 1. The molecule has 10 heteroatoms. The van der Waals surface area contributed by atoms with Crippen LogP contribution in [0.5, 0.6) is 5.75 Å². The fourth-order valence-corrected chi connectivity index (χ4v) is 4.89. The van der Waals surface area contributed by atoms with Gasteiger partial charge in [-0.15, -0.1) is 0 Å². The fourth-order valence-electron chi connectivity index (χ4n) is 4.89. The summed E-state index contributed by atoms with van der Waals surface area (Å²) in [5.74, 6) is -0.810. The van der Waals surface area contributed by atoms with E-state index in [1.807, 2.05) is 6.07 Å². The number of hydrogen-bond acceptors (Lipinski definition) is 6. The van der Waals surface area contributed by atoms with Gasteiger partial charge in [-0.2, -0.15) is 5.01 Å². The van der Waals surface area contributed by atoms with Crippen LogP contribution in [0.3, 0.4) is 0 Å². The standard InChI is InChI=1S/C23H32FN5O4/c1-33-19-6-5-17(15-18(19)24)16-28-13-11-27(12-14-28)10-7-20(30)26-29-21(31)23(25-22(29)32)8-3-2-4-9-23/h5-6,15H,2-4,7-14,16H2,1H3,(H,25,32)(H,26,30). The number of ether oxygens (including phenoxy) is 1. The molecular weight excluding hydrogens is 429 g/mol. The molecule has 1 aliphatic carbocycles. The SMILES string of the molecule is COc1ccc(CN2CCN(CCC(=O)NN3C(=O)NC4(CCCCC4)C3=O)CC2)cc1F. The van der Waals surface area contributed by atoms with Crippen molar-refractivity contribution in [1.29, 1.82) is 0 Å². The summed E-state index contributed by atoms with van der Waals surface area (Å²) >= 11 is 0. The van der Waals surface area contributed by atoms with E-state index in [2.05, 4.69) is 20.5 Å². The van der Waals surface area contributed by atoms with Gasteiger partial charge in [0.1, 0.15) is 5.54 Å². The van der Waals surface area contributed by atoms with Crippen LogP contribution in [0.1, 0.15) is 44.1 Å². The third-order valence-electron chi connectivity index (χ3n) is 6.85. The van der Waals surface area contributed by atoms with E-state index in [-0.39, 0.29) is 29.8 Å². The second kappa shape index (κ2) is 10.0. The molecule has 33 heavy (non-hydrogen) atoms. The molecule has 1 spiro atoms. The molecule has 2 aliphatic heterocycles. The van der Waals surface area contributed by atoms with Crippen molar-refractivity contribution in [2.75, 3.05) is 39.8 Å². The summed E-state index contributed by atoms with van der Waals surface area (Å²) in [7, 11) is 1.45. The van der Waals surface area contributed by atoms with Gasteiger partial charge in [-0.3, -0.25) is 19.9 Å². The van der Waals surface area contributed by atoms with Crippen LogP contribution >= 0.6 is 0 Å². The third-order valence-corrected chi connectivity index (χ3v) is 6.85. The number of amides is 4. The molecule has 2 saturated heterocycles. The van der Waals surface area contributed by atoms with Crippen molar-refractivity contribution >= 4 is 17.8 Å². The van der Waals surface area contributed by atoms with Crippen LogP contribution in [0.25, 0.3) is 0 Å². The highest BCUT2D eigenvalue weighted by molar-refractivity contribution is 6.08. The number of nitrogens with one attached hydrogen (secondary N) is 2. The Morgan fingerprint density at radius 3 is 2.48 bits per heavy atom. The third kappa shape index (κ3) is 5.27. The first-order valence-electron chi connectivity index (χ1n) is 11.6. The van der Waals surface area contributed by atoms with Crippen molar-refractivity contribution < 1.29 is 23.5 Å². The van der Waals surface area contributed by atoms with Crippen molar-refractivity contribution in [1.82, 2.24) is 25.6 Å². The zero-order valence-electron chi connectivity index (χ0n) is 19.1. The predicted molar refractivity (Wildman–Crippen MR) is 119 cm³/mol. The Bertz CT molecular complexity index is 897. The molecule has 9 nitrogen and oxygen atoms in total. The van der Waals surface area contributed by atoms with Gasteiger partial charge in [0.25, 0.3) is 5.91 Å². The number of benzene rings is 1. The Labute approximate surface area is 193 Å². The lowest BCUT2D eigenvalue weighted by atomic mass is 9.82. The summed E-state index contributed by atoms with van der Waals surface area (Å²) in [6.45, 7) is 4.40. The monoisotopic (exact) mass is 461 g/mol. The van der Waals surface area contributed by atoms with Crippen molar-refractivity contribution in [2.24, 2.45) is 0 Å². The summed E-state index contributed by atoms with van der Waals surface area (Å²) in [6, 6.07) is 4.47. The molecular formula is C23H32FN5O4. The zero-order chi connectivity index (χ0) is 23.4. The number of rotatable bonds is 7. The Morgan fingerprint density at radius 2 is 1.82 bits per heavy atom. The molecule has 2 N–H and O–H groups in total. The van der Waals surface area contributed by atoms with E-state index in [4.69, 9.17) is 4.74 Å². The molecule has 0 bridgehead atoms. The molecule has 180 valence electrons. The van der Waals surface area contributed by atoms with Gasteiger partial charge in [0, 0.05) is 45.7 Å². The molecule has 1 saturated carbocycles. The van der Waals surface area contributed by atoms with Crippen LogP contribution in [-0.2, 0) is 16.1 Å². The Balaban J connectivity index is 1.19. The minimum Gasteiger partial charge on any atom is -0.494 e. The highest BCUT2D eigenvalue weighted by atomic mass is 19.1. The summed E-state index contributed by atoms with van der Waals surface area (Å²) in [6.07, 6.45) is 4.30. The van der Waals surface area contributed by atoms with E-state index >= 15 is 0 Å². The van der Waals surface area contributed by atoms with E-state index in [0.29, 0.717) is 25.9 Å². The number of imide groups is 1. The van der Waals surface area contributed by atoms with E-state index < -0.39 is 11.6 Å². The van der Waals surface area contributed by atoms with E-state index in [0.717, 1.165) is 56.0 Å². The molecule has 0 unspecified atom stereocenters. The first-order chi connectivity index (χ1) is 15.9. The Kier molecular flexibility index (Phi) is 7.14. The lowest BCUT2D eigenvalue weighted by Gasteiger charge is -2.34. The zero-order valence-corrected chi connectivity index (χ0v) is 19.1. The van der Waals surface area contributed by atoms with Crippen LogP contribution in [0.4, 0.5) is 9.18 Å². The number of nitrogens with zero attached hydrogens (tertiary/aromatic N) is 3. The van der Waals surface area contributed by atoms with Gasteiger partial charge in [-0.05, 0) is 30.5 Å². The first kappa shape index (κ1) is 23.4. The first-order valence-corrected chi connectivity index (χ1v) is 11.6. The molecule has 1 aromatic carbocycles. The average Bonchev–Trinajstić information content (AvgIpc) is 3.03. The van der Waals surface area contributed by atoms with E-state index in [1.165, 1.54) is 13.2 Å². The van der Waals surface area contributed by atoms with Crippen LogP contribution in [0.15, 0.2) is 18.2 Å². The van der Waals surface area contributed by atoms with Crippen LogP contribution in [0.2, 0.25) is 0 Å². The van der Waals surface area contributed by atoms with Gasteiger partial charge < -0.3 is 15.0 Å². The van der Waals surface area contributed by atoms with Gasteiger partial charge in [-0.1, -0.05) is 25.3 Å². The Morgan fingerprint density at radius 1 is 1.12 bits per heavy atom. The molecule has 3 fully saturated rings. The molecule has 2 heterocycles. The number of hydrogen-bond donors (Lipinski definition) is 2. The summed E-state index contributed by atoms with van der Waals surface area (Å²) in [4.78, 5) is 41.9. The Hall–Kier alpha value is -2.72. The highest BCUT2D eigenvalue weighted by Gasteiger charge is 2.52. The fraction of sp³-hybridized carbons (Fsp3) is 0.609.